The van der Waals surface area contributed by atoms with Gasteiger partial charge in [-0.25, -0.2) is 0 Å². The molecule has 0 atom stereocenters. The van der Waals surface area contributed by atoms with Crippen LogP contribution in [0, 0.1) is 0 Å². The maximum Gasteiger partial charge on any atom is 0.123 e. The SMILES string of the molecule is COc1ccc(C2(CN)CCC2)cc1CN1CCCCC1. The highest BCUT2D eigenvalue weighted by Crippen LogP contribution is 2.44. The normalized spacial score (nSPS) is 21.8. The van der Waals surface area contributed by atoms with Crippen molar-refractivity contribution in [3.63, 3.8) is 0 Å². The van der Waals surface area contributed by atoms with E-state index in [9.17, 15) is 0 Å². The van der Waals surface area contributed by atoms with Crippen LogP contribution in [-0.4, -0.2) is 31.6 Å². The summed E-state index contributed by atoms with van der Waals surface area (Å²) < 4.78 is 5.58. The maximum absolute atomic E-state index is 6.06. The topological polar surface area (TPSA) is 38.5 Å². The fourth-order valence-electron chi connectivity index (χ4n) is 3.80. The molecule has 1 heterocycles. The molecule has 0 aromatic heterocycles. The molecule has 116 valence electrons. The molecule has 2 aliphatic rings. The smallest absolute Gasteiger partial charge is 0.123 e. The second-order valence-corrected chi connectivity index (χ2v) is 6.70. The zero-order chi connectivity index (χ0) is 14.7. The first kappa shape index (κ1) is 14.9. The van der Waals surface area contributed by atoms with Crippen molar-refractivity contribution >= 4 is 0 Å². The molecule has 3 rings (SSSR count). The molecule has 2 N–H and O–H groups in total. The van der Waals surface area contributed by atoms with Crippen molar-refractivity contribution in [3.05, 3.63) is 29.3 Å². The van der Waals surface area contributed by atoms with Gasteiger partial charge in [-0.15, -0.1) is 0 Å². The zero-order valence-corrected chi connectivity index (χ0v) is 13.2. The van der Waals surface area contributed by atoms with Crippen molar-refractivity contribution in [3.8, 4) is 5.75 Å². The Balaban J connectivity index is 1.82. The summed E-state index contributed by atoms with van der Waals surface area (Å²) in [6.45, 7) is 4.21. The number of hydrogen-bond donors (Lipinski definition) is 1. The lowest BCUT2D eigenvalue weighted by atomic mass is 9.64. The maximum atomic E-state index is 6.06. The highest BCUT2D eigenvalue weighted by atomic mass is 16.5. The molecule has 1 saturated heterocycles. The van der Waals surface area contributed by atoms with Crippen molar-refractivity contribution < 1.29 is 4.74 Å². The van der Waals surface area contributed by atoms with Crippen molar-refractivity contribution in [1.82, 2.24) is 4.90 Å². The van der Waals surface area contributed by atoms with Gasteiger partial charge < -0.3 is 10.5 Å². The molecule has 2 fully saturated rings. The van der Waals surface area contributed by atoms with Crippen LogP contribution in [0.15, 0.2) is 18.2 Å². The molecule has 1 saturated carbocycles. The van der Waals surface area contributed by atoms with E-state index in [1.54, 1.807) is 7.11 Å². The van der Waals surface area contributed by atoms with Crippen LogP contribution in [-0.2, 0) is 12.0 Å². The molecule has 0 unspecified atom stereocenters. The van der Waals surface area contributed by atoms with E-state index < -0.39 is 0 Å². The first-order valence-electron chi connectivity index (χ1n) is 8.37. The molecule has 3 heteroatoms. The second kappa shape index (κ2) is 6.37. The predicted molar refractivity (Wildman–Crippen MR) is 86.7 cm³/mol. The first-order chi connectivity index (χ1) is 10.3. The van der Waals surface area contributed by atoms with Crippen molar-refractivity contribution in [1.29, 1.82) is 0 Å². The Labute approximate surface area is 128 Å². The van der Waals surface area contributed by atoms with Gasteiger partial charge in [0.1, 0.15) is 5.75 Å². The third kappa shape index (κ3) is 2.95. The van der Waals surface area contributed by atoms with Crippen LogP contribution in [0.25, 0.3) is 0 Å². The monoisotopic (exact) mass is 288 g/mol. The van der Waals surface area contributed by atoms with Crippen molar-refractivity contribution in [2.75, 3.05) is 26.7 Å². The quantitative estimate of drug-likeness (QED) is 0.905. The minimum atomic E-state index is 0.239. The third-order valence-corrected chi connectivity index (χ3v) is 5.44. The first-order valence-corrected chi connectivity index (χ1v) is 8.37. The summed E-state index contributed by atoms with van der Waals surface area (Å²) in [5, 5.41) is 0. The lowest BCUT2D eigenvalue weighted by molar-refractivity contribution is 0.217. The van der Waals surface area contributed by atoms with Gasteiger partial charge >= 0.3 is 0 Å². The molecule has 1 aliphatic heterocycles. The molecular formula is C18H28N2O. The Bertz CT molecular complexity index is 471. The summed E-state index contributed by atoms with van der Waals surface area (Å²) in [6.07, 6.45) is 7.82. The summed E-state index contributed by atoms with van der Waals surface area (Å²) >= 11 is 0. The molecule has 0 bridgehead atoms. The van der Waals surface area contributed by atoms with Gasteiger partial charge in [0.2, 0.25) is 0 Å². The zero-order valence-electron chi connectivity index (χ0n) is 13.2. The number of likely N-dealkylation sites (tertiary alicyclic amines) is 1. The average molecular weight is 288 g/mol. The van der Waals surface area contributed by atoms with Gasteiger partial charge in [-0.1, -0.05) is 25.0 Å². The second-order valence-electron chi connectivity index (χ2n) is 6.70. The Kier molecular flexibility index (Phi) is 4.51. The van der Waals surface area contributed by atoms with E-state index in [1.165, 1.54) is 62.7 Å². The molecule has 0 radical (unpaired) electrons. The number of ether oxygens (including phenoxy) is 1. The minimum absolute atomic E-state index is 0.239. The number of nitrogens with zero attached hydrogens (tertiary/aromatic N) is 1. The van der Waals surface area contributed by atoms with Crippen LogP contribution in [0.5, 0.6) is 5.75 Å². The van der Waals surface area contributed by atoms with E-state index in [-0.39, 0.29) is 5.41 Å². The van der Waals surface area contributed by atoms with E-state index in [2.05, 4.69) is 23.1 Å². The fourth-order valence-corrected chi connectivity index (χ4v) is 3.80. The van der Waals surface area contributed by atoms with Crippen LogP contribution < -0.4 is 10.5 Å². The number of rotatable bonds is 5. The summed E-state index contributed by atoms with van der Waals surface area (Å²) in [7, 11) is 1.77. The van der Waals surface area contributed by atoms with E-state index in [4.69, 9.17) is 10.5 Å². The lowest BCUT2D eigenvalue weighted by Gasteiger charge is -2.42. The van der Waals surface area contributed by atoms with Crippen LogP contribution >= 0.6 is 0 Å². The summed E-state index contributed by atoms with van der Waals surface area (Å²) in [6, 6.07) is 6.73. The van der Waals surface area contributed by atoms with Gasteiger partial charge in [0, 0.05) is 24.1 Å². The standard InChI is InChI=1S/C18H28N2O/c1-21-17-7-6-16(18(14-19)8-5-9-18)12-15(17)13-20-10-3-2-4-11-20/h6-7,12H,2-5,8-11,13-14,19H2,1H3. The largest absolute Gasteiger partial charge is 0.496 e. The summed E-state index contributed by atoms with van der Waals surface area (Å²) in [5.41, 5.74) is 9.05. The van der Waals surface area contributed by atoms with Crippen molar-refractivity contribution in [2.45, 2.75) is 50.5 Å². The van der Waals surface area contributed by atoms with Gasteiger partial charge in [0.15, 0.2) is 0 Å². The van der Waals surface area contributed by atoms with Gasteiger partial charge in [-0.2, -0.15) is 0 Å². The van der Waals surface area contributed by atoms with Crippen LogP contribution in [0.4, 0.5) is 0 Å². The molecular weight excluding hydrogens is 260 g/mol. The van der Waals surface area contributed by atoms with Crippen LogP contribution in [0.3, 0.4) is 0 Å². The van der Waals surface area contributed by atoms with Crippen LogP contribution in [0.2, 0.25) is 0 Å². The number of methoxy groups -OCH3 is 1. The minimum Gasteiger partial charge on any atom is -0.496 e. The van der Waals surface area contributed by atoms with Gasteiger partial charge in [0.05, 0.1) is 7.11 Å². The van der Waals surface area contributed by atoms with E-state index >= 15 is 0 Å². The van der Waals surface area contributed by atoms with Crippen molar-refractivity contribution in [2.24, 2.45) is 5.73 Å². The number of piperidine rings is 1. The predicted octanol–water partition coefficient (Wildman–Crippen LogP) is 3.06. The summed E-state index contributed by atoms with van der Waals surface area (Å²) in [5.74, 6) is 1.02. The van der Waals surface area contributed by atoms with Gasteiger partial charge in [0.25, 0.3) is 0 Å². The van der Waals surface area contributed by atoms with E-state index in [0.29, 0.717) is 0 Å². The molecule has 1 aliphatic carbocycles. The van der Waals surface area contributed by atoms with E-state index in [0.717, 1.165) is 18.8 Å². The summed E-state index contributed by atoms with van der Waals surface area (Å²) in [4.78, 5) is 2.56. The molecule has 0 amide bonds. The Morgan fingerprint density at radius 2 is 1.90 bits per heavy atom. The Morgan fingerprint density at radius 3 is 2.48 bits per heavy atom. The van der Waals surface area contributed by atoms with Crippen LogP contribution in [0.1, 0.15) is 49.7 Å². The van der Waals surface area contributed by atoms with E-state index in [1.807, 2.05) is 0 Å². The highest BCUT2D eigenvalue weighted by Gasteiger charge is 2.37. The Hall–Kier alpha value is -1.06. The third-order valence-electron chi connectivity index (χ3n) is 5.44. The number of nitrogens with two attached hydrogens (primary N) is 1. The van der Waals surface area contributed by atoms with Gasteiger partial charge in [-0.05, 0) is 50.4 Å². The molecule has 1 aromatic rings. The molecule has 0 spiro atoms. The fraction of sp³-hybridized carbons (Fsp3) is 0.667. The highest BCUT2D eigenvalue weighted by molar-refractivity contribution is 5.41. The number of hydrogen-bond acceptors (Lipinski definition) is 3. The van der Waals surface area contributed by atoms with Gasteiger partial charge in [-0.3, -0.25) is 4.90 Å². The Morgan fingerprint density at radius 1 is 1.14 bits per heavy atom. The molecule has 21 heavy (non-hydrogen) atoms. The lowest BCUT2D eigenvalue weighted by Crippen LogP contribution is -2.41. The molecule has 1 aromatic carbocycles. The number of benzene rings is 1. The average Bonchev–Trinajstić information content (AvgIpc) is 2.48. The molecule has 3 nitrogen and oxygen atoms in total.